The molecule has 0 radical (unpaired) electrons. The summed E-state index contributed by atoms with van der Waals surface area (Å²) in [6, 6.07) is 7.80. The molecule has 1 aliphatic heterocycles. The number of nitrogens with zero attached hydrogens (tertiary/aromatic N) is 2. The van der Waals surface area contributed by atoms with Gasteiger partial charge in [0, 0.05) is 18.8 Å². The van der Waals surface area contributed by atoms with E-state index in [1.807, 2.05) is 6.07 Å². The summed E-state index contributed by atoms with van der Waals surface area (Å²) < 4.78 is 37.7. The number of piperidine rings is 1. The maximum atomic E-state index is 12.6. The summed E-state index contributed by atoms with van der Waals surface area (Å²) in [5, 5.41) is 2.56. The highest BCUT2D eigenvalue weighted by Crippen LogP contribution is 2.30. The van der Waals surface area contributed by atoms with Gasteiger partial charge in [-0.2, -0.15) is 13.2 Å². The second kappa shape index (κ2) is 7.35. The van der Waals surface area contributed by atoms with Crippen LogP contribution in [0.3, 0.4) is 0 Å². The summed E-state index contributed by atoms with van der Waals surface area (Å²) in [6.45, 7) is 4.18. The first-order valence-electron chi connectivity index (χ1n) is 8.52. The number of pyridine rings is 1. The third-order valence-corrected chi connectivity index (χ3v) is 4.60. The number of rotatable bonds is 3. The second-order valence-electron chi connectivity index (χ2n) is 6.60. The zero-order valence-corrected chi connectivity index (χ0v) is 14.4. The largest absolute Gasteiger partial charge is 0.416 e. The van der Waals surface area contributed by atoms with Crippen molar-refractivity contribution in [3.8, 4) is 0 Å². The minimum Gasteiger partial charge on any atom is -0.370 e. The number of nitrogens with one attached hydrogen (secondary N) is 1. The Morgan fingerprint density at radius 2 is 1.77 bits per heavy atom. The molecule has 2 heterocycles. The summed E-state index contributed by atoms with van der Waals surface area (Å²) in [4.78, 5) is 18.6. The molecule has 1 fully saturated rings. The van der Waals surface area contributed by atoms with Crippen LogP contribution in [0.25, 0.3) is 0 Å². The maximum Gasteiger partial charge on any atom is 0.416 e. The molecule has 0 aliphatic carbocycles. The Morgan fingerprint density at radius 1 is 1.12 bits per heavy atom. The Balaban J connectivity index is 1.63. The van der Waals surface area contributed by atoms with Crippen molar-refractivity contribution in [2.45, 2.75) is 25.9 Å². The standard InChI is InChI=1S/C19H20F3N3O/c1-13-8-10-25(11-9-13)16-6-7-17(23-12-16)18(26)24-15-4-2-14(3-5-15)19(20,21)22/h2-7,12-13H,8-11H2,1H3,(H,24,26). The molecule has 3 rings (SSSR count). The lowest BCUT2D eigenvalue weighted by atomic mass is 9.99. The fourth-order valence-corrected chi connectivity index (χ4v) is 2.91. The molecule has 1 aromatic heterocycles. The number of anilines is 2. The minimum absolute atomic E-state index is 0.221. The Hall–Kier alpha value is -2.57. The Kier molecular flexibility index (Phi) is 5.15. The van der Waals surface area contributed by atoms with Crippen molar-refractivity contribution in [2.24, 2.45) is 5.92 Å². The van der Waals surface area contributed by atoms with Crippen LogP contribution in [0.1, 0.15) is 35.8 Å². The van der Waals surface area contributed by atoms with Gasteiger partial charge in [0.2, 0.25) is 0 Å². The fraction of sp³-hybridized carbons (Fsp3) is 0.368. The van der Waals surface area contributed by atoms with Crippen LogP contribution in [0.4, 0.5) is 24.5 Å². The molecule has 1 aliphatic rings. The highest BCUT2D eigenvalue weighted by Gasteiger charge is 2.30. The molecule has 7 heteroatoms. The summed E-state index contributed by atoms with van der Waals surface area (Å²) in [5.41, 5.74) is 0.731. The van der Waals surface area contributed by atoms with Crippen molar-refractivity contribution < 1.29 is 18.0 Å². The van der Waals surface area contributed by atoms with Gasteiger partial charge in [0.1, 0.15) is 5.69 Å². The van der Waals surface area contributed by atoms with E-state index < -0.39 is 17.6 Å². The number of hydrogen-bond donors (Lipinski definition) is 1. The molecule has 1 N–H and O–H groups in total. The van der Waals surface area contributed by atoms with E-state index in [-0.39, 0.29) is 5.69 Å². The number of hydrogen-bond acceptors (Lipinski definition) is 3. The van der Waals surface area contributed by atoms with E-state index in [1.54, 1.807) is 12.3 Å². The number of alkyl halides is 3. The fourth-order valence-electron chi connectivity index (χ4n) is 2.91. The van der Waals surface area contributed by atoms with E-state index in [4.69, 9.17) is 0 Å². The molecule has 1 amide bonds. The maximum absolute atomic E-state index is 12.6. The normalized spacial score (nSPS) is 15.8. The molecule has 1 saturated heterocycles. The zero-order valence-electron chi connectivity index (χ0n) is 14.4. The number of carbonyl (C=O) groups is 1. The number of carbonyl (C=O) groups excluding carboxylic acids is 1. The van der Waals surface area contributed by atoms with Crippen molar-refractivity contribution in [3.05, 3.63) is 53.9 Å². The van der Waals surface area contributed by atoms with E-state index in [2.05, 4.69) is 22.1 Å². The molecule has 2 aromatic rings. The third-order valence-electron chi connectivity index (χ3n) is 4.60. The number of benzene rings is 1. The first-order valence-corrected chi connectivity index (χ1v) is 8.52. The smallest absolute Gasteiger partial charge is 0.370 e. The second-order valence-corrected chi connectivity index (χ2v) is 6.60. The molecular weight excluding hydrogens is 343 g/mol. The summed E-state index contributed by atoms with van der Waals surface area (Å²) in [6.07, 6.45) is -0.462. The molecule has 0 unspecified atom stereocenters. The molecule has 0 bridgehead atoms. The van der Waals surface area contributed by atoms with Gasteiger partial charge < -0.3 is 10.2 Å². The average molecular weight is 363 g/mol. The van der Waals surface area contributed by atoms with E-state index >= 15 is 0 Å². The number of amides is 1. The average Bonchev–Trinajstić information content (AvgIpc) is 2.62. The van der Waals surface area contributed by atoms with Gasteiger partial charge in [0.15, 0.2) is 0 Å². The van der Waals surface area contributed by atoms with Crippen LogP contribution in [-0.4, -0.2) is 24.0 Å². The Labute approximate surface area is 150 Å². The number of aromatic nitrogens is 1. The van der Waals surface area contributed by atoms with Crippen molar-refractivity contribution in [1.82, 2.24) is 4.98 Å². The van der Waals surface area contributed by atoms with Crippen molar-refractivity contribution in [3.63, 3.8) is 0 Å². The molecule has 4 nitrogen and oxygen atoms in total. The van der Waals surface area contributed by atoms with Gasteiger partial charge in [-0.3, -0.25) is 4.79 Å². The summed E-state index contributed by atoms with van der Waals surface area (Å²) in [7, 11) is 0. The van der Waals surface area contributed by atoms with E-state index in [0.717, 1.165) is 49.7 Å². The van der Waals surface area contributed by atoms with E-state index in [0.29, 0.717) is 5.69 Å². The monoisotopic (exact) mass is 363 g/mol. The van der Waals surface area contributed by atoms with Gasteiger partial charge in [-0.1, -0.05) is 6.92 Å². The molecule has 0 atom stereocenters. The van der Waals surface area contributed by atoms with Gasteiger partial charge in [0.25, 0.3) is 5.91 Å². The number of halogens is 3. The lowest BCUT2D eigenvalue weighted by molar-refractivity contribution is -0.137. The van der Waals surface area contributed by atoms with Crippen molar-refractivity contribution in [2.75, 3.05) is 23.3 Å². The Bertz CT molecular complexity index is 749. The first kappa shape index (κ1) is 18.2. The van der Waals surface area contributed by atoms with Crippen LogP contribution in [-0.2, 0) is 6.18 Å². The predicted octanol–water partition coefficient (Wildman–Crippen LogP) is 4.59. The molecule has 0 saturated carbocycles. The third kappa shape index (κ3) is 4.33. The zero-order chi connectivity index (χ0) is 18.7. The highest BCUT2D eigenvalue weighted by atomic mass is 19.4. The van der Waals surface area contributed by atoms with Crippen LogP contribution in [0, 0.1) is 5.92 Å². The quantitative estimate of drug-likeness (QED) is 0.868. The van der Waals surface area contributed by atoms with E-state index in [9.17, 15) is 18.0 Å². The molecular formula is C19H20F3N3O. The summed E-state index contributed by atoms with van der Waals surface area (Å²) >= 11 is 0. The highest BCUT2D eigenvalue weighted by molar-refractivity contribution is 6.02. The van der Waals surface area contributed by atoms with Gasteiger partial charge in [-0.25, -0.2) is 4.98 Å². The minimum atomic E-state index is -4.40. The molecule has 26 heavy (non-hydrogen) atoms. The lowest BCUT2D eigenvalue weighted by Crippen LogP contribution is -2.32. The molecule has 138 valence electrons. The van der Waals surface area contributed by atoms with Crippen LogP contribution < -0.4 is 10.2 Å². The van der Waals surface area contributed by atoms with Gasteiger partial charge in [-0.15, -0.1) is 0 Å². The van der Waals surface area contributed by atoms with E-state index in [1.165, 1.54) is 12.1 Å². The SMILES string of the molecule is CC1CCN(c2ccc(C(=O)Nc3ccc(C(F)(F)F)cc3)nc2)CC1. The van der Waals surface area contributed by atoms with Crippen molar-refractivity contribution in [1.29, 1.82) is 0 Å². The summed E-state index contributed by atoms with van der Waals surface area (Å²) in [5.74, 6) is 0.275. The van der Waals surface area contributed by atoms with Crippen LogP contribution in [0.5, 0.6) is 0 Å². The van der Waals surface area contributed by atoms with Crippen LogP contribution >= 0.6 is 0 Å². The van der Waals surface area contributed by atoms with Gasteiger partial charge in [0.05, 0.1) is 17.4 Å². The van der Waals surface area contributed by atoms with Crippen LogP contribution in [0.2, 0.25) is 0 Å². The topological polar surface area (TPSA) is 45.2 Å². The Morgan fingerprint density at radius 3 is 2.31 bits per heavy atom. The van der Waals surface area contributed by atoms with Crippen molar-refractivity contribution >= 4 is 17.3 Å². The molecule has 0 spiro atoms. The predicted molar refractivity (Wildman–Crippen MR) is 94.2 cm³/mol. The van der Waals surface area contributed by atoms with Gasteiger partial charge >= 0.3 is 6.18 Å². The van der Waals surface area contributed by atoms with Gasteiger partial charge in [-0.05, 0) is 55.2 Å². The first-order chi connectivity index (χ1) is 12.3. The molecule has 1 aromatic carbocycles. The van der Waals surface area contributed by atoms with Crippen LogP contribution in [0.15, 0.2) is 42.6 Å². The lowest BCUT2D eigenvalue weighted by Gasteiger charge is -2.31.